The Morgan fingerprint density at radius 1 is 1.00 bits per heavy atom. The van der Waals surface area contributed by atoms with Crippen molar-refractivity contribution in [1.82, 2.24) is 30.6 Å². The Balaban J connectivity index is 1.27. The molecule has 152 valence electrons. The Morgan fingerprint density at radius 3 is 2.77 bits per heavy atom. The van der Waals surface area contributed by atoms with Gasteiger partial charge < -0.3 is 15.6 Å². The van der Waals surface area contributed by atoms with Crippen molar-refractivity contribution in [1.29, 1.82) is 0 Å². The summed E-state index contributed by atoms with van der Waals surface area (Å²) < 4.78 is 13.6. The highest BCUT2D eigenvalue weighted by atomic mass is 19.1. The Bertz CT molecular complexity index is 1130. The molecule has 0 spiro atoms. The summed E-state index contributed by atoms with van der Waals surface area (Å²) in [5, 5.41) is 5.98. The van der Waals surface area contributed by atoms with E-state index in [0.717, 1.165) is 22.6 Å². The summed E-state index contributed by atoms with van der Waals surface area (Å²) in [6, 6.07) is 16.0. The number of amides is 1. The van der Waals surface area contributed by atoms with Gasteiger partial charge in [-0.05, 0) is 36.4 Å². The fraction of sp³-hybridized carbons (Fsp3) is 0.182. The van der Waals surface area contributed by atoms with Crippen molar-refractivity contribution in [3.63, 3.8) is 0 Å². The maximum Gasteiger partial charge on any atom is 0.270 e. The van der Waals surface area contributed by atoms with Crippen molar-refractivity contribution in [2.75, 3.05) is 6.54 Å². The van der Waals surface area contributed by atoms with Crippen LogP contribution < -0.4 is 10.6 Å². The lowest BCUT2D eigenvalue weighted by Gasteiger charge is -2.07. The largest absolute Gasteiger partial charge is 0.345 e. The standard InChI is InChI=1S/C22H21FN6O/c23-16-6-4-11-25-20(16)13-26-22(30)19-9-3-5-15(27-19)10-12-24-14-21-28-17-7-1-2-8-18(17)29-21/h1-9,11,24H,10,12-14H2,(H,26,30)(H,28,29). The molecule has 0 saturated carbocycles. The lowest BCUT2D eigenvalue weighted by Crippen LogP contribution is -2.25. The van der Waals surface area contributed by atoms with E-state index in [0.29, 0.717) is 25.2 Å². The zero-order valence-electron chi connectivity index (χ0n) is 16.2. The van der Waals surface area contributed by atoms with Crippen LogP contribution >= 0.6 is 0 Å². The summed E-state index contributed by atoms with van der Waals surface area (Å²) in [7, 11) is 0. The van der Waals surface area contributed by atoms with E-state index in [1.807, 2.05) is 30.3 Å². The number of aromatic amines is 1. The van der Waals surface area contributed by atoms with Gasteiger partial charge in [-0.1, -0.05) is 18.2 Å². The van der Waals surface area contributed by atoms with Gasteiger partial charge in [0.15, 0.2) is 0 Å². The number of hydrogen-bond donors (Lipinski definition) is 3. The van der Waals surface area contributed by atoms with Crippen LogP contribution in [0.15, 0.2) is 60.8 Å². The number of aromatic nitrogens is 4. The van der Waals surface area contributed by atoms with Crippen molar-refractivity contribution in [2.24, 2.45) is 0 Å². The van der Waals surface area contributed by atoms with Gasteiger partial charge in [0.25, 0.3) is 5.91 Å². The number of imidazole rings is 1. The van der Waals surface area contributed by atoms with E-state index in [2.05, 4.69) is 30.6 Å². The zero-order valence-corrected chi connectivity index (χ0v) is 16.2. The van der Waals surface area contributed by atoms with Crippen LogP contribution in [0.4, 0.5) is 4.39 Å². The van der Waals surface area contributed by atoms with Gasteiger partial charge in [0.2, 0.25) is 0 Å². The summed E-state index contributed by atoms with van der Waals surface area (Å²) in [6.07, 6.45) is 2.15. The van der Waals surface area contributed by atoms with Gasteiger partial charge in [0.05, 0.1) is 29.8 Å². The van der Waals surface area contributed by atoms with Crippen molar-refractivity contribution >= 4 is 16.9 Å². The second-order valence-corrected chi connectivity index (χ2v) is 6.76. The Hall–Kier alpha value is -3.65. The first-order chi connectivity index (χ1) is 14.7. The minimum atomic E-state index is -0.449. The van der Waals surface area contributed by atoms with Crippen LogP contribution in [0.3, 0.4) is 0 Å². The van der Waals surface area contributed by atoms with Crippen molar-refractivity contribution in [3.8, 4) is 0 Å². The van der Waals surface area contributed by atoms with Crippen molar-refractivity contribution in [3.05, 3.63) is 89.5 Å². The first-order valence-electron chi connectivity index (χ1n) is 9.67. The van der Waals surface area contributed by atoms with E-state index in [1.54, 1.807) is 12.1 Å². The highest BCUT2D eigenvalue weighted by Crippen LogP contribution is 2.10. The molecular formula is C22H21FN6O. The molecule has 0 atom stereocenters. The number of carbonyl (C=O) groups excluding carboxylic acids is 1. The summed E-state index contributed by atoms with van der Waals surface area (Å²) in [4.78, 5) is 28.5. The molecule has 0 aliphatic rings. The predicted octanol–water partition coefficient (Wildman–Crippen LogP) is 2.75. The van der Waals surface area contributed by atoms with Crippen LogP contribution in [0.1, 0.15) is 27.7 Å². The zero-order chi connectivity index (χ0) is 20.8. The molecule has 0 unspecified atom stereocenters. The summed E-state index contributed by atoms with van der Waals surface area (Å²) in [5.74, 6) is 0.0613. The van der Waals surface area contributed by atoms with E-state index in [9.17, 15) is 9.18 Å². The topological polar surface area (TPSA) is 95.6 Å². The fourth-order valence-corrected chi connectivity index (χ4v) is 3.06. The molecule has 0 fully saturated rings. The number of hydrogen-bond acceptors (Lipinski definition) is 5. The maximum absolute atomic E-state index is 13.6. The van der Waals surface area contributed by atoms with E-state index in [1.165, 1.54) is 18.3 Å². The lowest BCUT2D eigenvalue weighted by atomic mass is 10.2. The smallest absolute Gasteiger partial charge is 0.270 e. The quantitative estimate of drug-likeness (QED) is 0.393. The Morgan fingerprint density at radius 2 is 1.90 bits per heavy atom. The van der Waals surface area contributed by atoms with Gasteiger partial charge in [0, 0.05) is 24.9 Å². The molecule has 0 radical (unpaired) electrons. The normalized spacial score (nSPS) is 11.0. The van der Waals surface area contributed by atoms with Crippen LogP contribution in [-0.2, 0) is 19.5 Å². The molecular weight excluding hydrogens is 383 g/mol. The number of pyridine rings is 2. The van der Waals surface area contributed by atoms with Crippen LogP contribution in [0, 0.1) is 5.82 Å². The summed E-state index contributed by atoms with van der Waals surface area (Å²) in [6.45, 7) is 1.31. The number of fused-ring (bicyclic) bond motifs is 1. The first-order valence-corrected chi connectivity index (χ1v) is 9.67. The van der Waals surface area contributed by atoms with Crippen LogP contribution in [-0.4, -0.2) is 32.4 Å². The van der Waals surface area contributed by atoms with Crippen molar-refractivity contribution in [2.45, 2.75) is 19.5 Å². The van der Waals surface area contributed by atoms with E-state index < -0.39 is 5.82 Å². The molecule has 1 amide bonds. The highest BCUT2D eigenvalue weighted by Gasteiger charge is 2.10. The average Bonchev–Trinajstić information content (AvgIpc) is 3.19. The van der Waals surface area contributed by atoms with Crippen LogP contribution in [0.25, 0.3) is 11.0 Å². The molecule has 0 aliphatic carbocycles. The molecule has 7 nitrogen and oxygen atoms in total. The number of H-pyrrole nitrogens is 1. The number of benzene rings is 1. The van der Waals surface area contributed by atoms with Gasteiger partial charge in [-0.3, -0.25) is 9.78 Å². The van der Waals surface area contributed by atoms with Gasteiger partial charge in [-0.25, -0.2) is 14.4 Å². The Kier molecular flexibility index (Phi) is 6.05. The van der Waals surface area contributed by atoms with Crippen LogP contribution in [0.2, 0.25) is 0 Å². The third-order valence-corrected chi connectivity index (χ3v) is 4.58. The lowest BCUT2D eigenvalue weighted by molar-refractivity contribution is 0.0945. The molecule has 0 aliphatic heterocycles. The molecule has 4 aromatic rings. The van der Waals surface area contributed by atoms with E-state index in [4.69, 9.17) is 0 Å². The molecule has 3 aromatic heterocycles. The molecule has 3 heterocycles. The molecule has 1 aromatic carbocycles. The minimum absolute atomic E-state index is 0.0104. The number of rotatable bonds is 8. The second kappa shape index (κ2) is 9.23. The molecule has 0 bridgehead atoms. The van der Waals surface area contributed by atoms with Gasteiger partial charge in [0.1, 0.15) is 17.3 Å². The molecule has 3 N–H and O–H groups in total. The number of nitrogens with one attached hydrogen (secondary N) is 3. The first kappa shape index (κ1) is 19.7. The number of nitrogens with zero attached hydrogens (tertiary/aromatic N) is 3. The third-order valence-electron chi connectivity index (χ3n) is 4.58. The number of halogens is 1. The van der Waals surface area contributed by atoms with E-state index >= 15 is 0 Å². The monoisotopic (exact) mass is 404 g/mol. The van der Waals surface area contributed by atoms with Gasteiger partial charge in [-0.15, -0.1) is 0 Å². The summed E-state index contributed by atoms with van der Waals surface area (Å²) >= 11 is 0. The molecule has 8 heteroatoms. The van der Waals surface area contributed by atoms with Gasteiger partial charge >= 0.3 is 0 Å². The molecule has 30 heavy (non-hydrogen) atoms. The minimum Gasteiger partial charge on any atom is -0.345 e. The number of carbonyl (C=O) groups is 1. The third kappa shape index (κ3) is 4.84. The van der Waals surface area contributed by atoms with Crippen LogP contribution in [0.5, 0.6) is 0 Å². The van der Waals surface area contributed by atoms with Gasteiger partial charge in [-0.2, -0.15) is 0 Å². The second-order valence-electron chi connectivity index (χ2n) is 6.76. The summed E-state index contributed by atoms with van der Waals surface area (Å²) in [5.41, 5.74) is 3.24. The molecule has 0 saturated heterocycles. The Labute approximate surface area is 172 Å². The molecule has 4 rings (SSSR count). The SMILES string of the molecule is O=C(NCc1ncccc1F)c1cccc(CCNCc2nc3ccccc3[nH]2)n1. The fourth-order valence-electron chi connectivity index (χ4n) is 3.06. The van der Waals surface area contributed by atoms with E-state index in [-0.39, 0.29) is 18.1 Å². The predicted molar refractivity (Wildman–Crippen MR) is 111 cm³/mol. The maximum atomic E-state index is 13.6. The highest BCUT2D eigenvalue weighted by molar-refractivity contribution is 5.92. The number of para-hydroxylation sites is 2. The van der Waals surface area contributed by atoms with Crippen molar-refractivity contribution < 1.29 is 9.18 Å². The average molecular weight is 404 g/mol.